The van der Waals surface area contributed by atoms with Crippen LogP contribution < -0.4 is 0 Å². The standard InChI is InChI=1S/C12H9F3N2/c13-12(14,15)11-4-2-1-3-10(11)9(5-7-16)6-8-17/h1-4,9H,5-6H2. The van der Waals surface area contributed by atoms with Crippen molar-refractivity contribution in [2.24, 2.45) is 0 Å². The van der Waals surface area contributed by atoms with Crippen LogP contribution in [-0.4, -0.2) is 0 Å². The van der Waals surface area contributed by atoms with Gasteiger partial charge in [0, 0.05) is 18.8 Å². The Morgan fingerprint density at radius 3 is 2.06 bits per heavy atom. The van der Waals surface area contributed by atoms with Crippen LogP contribution in [0.15, 0.2) is 24.3 Å². The second-order valence-electron chi connectivity index (χ2n) is 3.51. The van der Waals surface area contributed by atoms with Crippen molar-refractivity contribution in [3.63, 3.8) is 0 Å². The third-order valence-corrected chi connectivity index (χ3v) is 2.38. The van der Waals surface area contributed by atoms with Crippen LogP contribution in [0, 0.1) is 22.7 Å². The summed E-state index contributed by atoms with van der Waals surface area (Å²) in [6.07, 6.45) is -4.65. The highest BCUT2D eigenvalue weighted by Gasteiger charge is 2.34. The molecule has 0 spiro atoms. The number of rotatable bonds is 3. The molecule has 88 valence electrons. The maximum atomic E-state index is 12.7. The van der Waals surface area contributed by atoms with Gasteiger partial charge in [0.25, 0.3) is 0 Å². The molecule has 1 aromatic rings. The van der Waals surface area contributed by atoms with Gasteiger partial charge in [0.2, 0.25) is 0 Å². The summed E-state index contributed by atoms with van der Waals surface area (Å²) in [4.78, 5) is 0. The molecule has 2 nitrogen and oxygen atoms in total. The van der Waals surface area contributed by atoms with E-state index in [1.54, 1.807) is 0 Å². The summed E-state index contributed by atoms with van der Waals surface area (Å²) in [5.41, 5.74) is -0.751. The van der Waals surface area contributed by atoms with Crippen LogP contribution in [0.2, 0.25) is 0 Å². The molecule has 17 heavy (non-hydrogen) atoms. The highest BCUT2D eigenvalue weighted by Crippen LogP contribution is 2.36. The summed E-state index contributed by atoms with van der Waals surface area (Å²) in [5.74, 6) is -0.692. The zero-order valence-corrected chi connectivity index (χ0v) is 8.83. The molecular weight excluding hydrogens is 229 g/mol. The van der Waals surface area contributed by atoms with E-state index >= 15 is 0 Å². The predicted molar refractivity (Wildman–Crippen MR) is 54.6 cm³/mol. The molecule has 0 radical (unpaired) electrons. The van der Waals surface area contributed by atoms with E-state index in [-0.39, 0.29) is 18.4 Å². The Kier molecular flexibility index (Phi) is 4.12. The summed E-state index contributed by atoms with van der Waals surface area (Å²) in [6.45, 7) is 0. The summed E-state index contributed by atoms with van der Waals surface area (Å²) in [5, 5.41) is 17.2. The van der Waals surface area contributed by atoms with Gasteiger partial charge in [-0.05, 0) is 11.6 Å². The number of hydrogen-bond acceptors (Lipinski definition) is 2. The van der Waals surface area contributed by atoms with E-state index in [1.165, 1.54) is 18.2 Å². The van der Waals surface area contributed by atoms with Crippen molar-refractivity contribution in [3.05, 3.63) is 35.4 Å². The highest BCUT2D eigenvalue weighted by molar-refractivity contribution is 5.33. The number of nitriles is 2. The monoisotopic (exact) mass is 238 g/mol. The third kappa shape index (κ3) is 3.22. The van der Waals surface area contributed by atoms with E-state index in [0.29, 0.717) is 0 Å². The quantitative estimate of drug-likeness (QED) is 0.807. The van der Waals surface area contributed by atoms with E-state index in [4.69, 9.17) is 10.5 Å². The van der Waals surface area contributed by atoms with Gasteiger partial charge in [-0.15, -0.1) is 0 Å². The molecule has 0 fully saturated rings. The lowest BCUT2D eigenvalue weighted by atomic mass is 9.89. The Morgan fingerprint density at radius 1 is 1.06 bits per heavy atom. The van der Waals surface area contributed by atoms with Crippen LogP contribution >= 0.6 is 0 Å². The summed E-state index contributed by atoms with van der Waals surface area (Å²) < 4.78 is 38.2. The zero-order chi connectivity index (χ0) is 12.9. The average Bonchev–Trinajstić information content (AvgIpc) is 2.28. The minimum absolute atomic E-state index is 0.0168. The van der Waals surface area contributed by atoms with Crippen LogP contribution in [0.3, 0.4) is 0 Å². The van der Waals surface area contributed by atoms with E-state index in [9.17, 15) is 13.2 Å². The van der Waals surface area contributed by atoms with Crippen LogP contribution in [0.4, 0.5) is 13.2 Å². The molecule has 0 bridgehead atoms. The van der Waals surface area contributed by atoms with Gasteiger partial charge in [0.1, 0.15) is 0 Å². The Balaban J connectivity index is 3.20. The Hall–Kier alpha value is -2.01. The van der Waals surface area contributed by atoms with E-state index in [2.05, 4.69) is 0 Å². The Bertz CT molecular complexity index is 450. The topological polar surface area (TPSA) is 47.6 Å². The number of nitrogens with zero attached hydrogens (tertiary/aromatic N) is 2. The number of benzene rings is 1. The normalized spacial score (nSPS) is 10.9. The van der Waals surface area contributed by atoms with Gasteiger partial charge in [-0.1, -0.05) is 18.2 Å². The lowest BCUT2D eigenvalue weighted by Gasteiger charge is -2.17. The van der Waals surface area contributed by atoms with E-state index in [0.717, 1.165) is 6.07 Å². The molecule has 0 saturated heterocycles. The van der Waals surface area contributed by atoms with Gasteiger partial charge >= 0.3 is 6.18 Å². The van der Waals surface area contributed by atoms with Crippen molar-refractivity contribution in [2.45, 2.75) is 24.9 Å². The van der Waals surface area contributed by atoms with Crippen molar-refractivity contribution in [3.8, 4) is 12.1 Å². The molecular formula is C12H9F3N2. The summed E-state index contributed by atoms with van der Waals surface area (Å²) in [6, 6.07) is 8.69. The van der Waals surface area contributed by atoms with Gasteiger partial charge in [0.15, 0.2) is 0 Å². The first-order valence-corrected chi connectivity index (χ1v) is 4.90. The van der Waals surface area contributed by atoms with Crippen LogP contribution in [0.25, 0.3) is 0 Å². The molecule has 0 saturated carbocycles. The van der Waals surface area contributed by atoms with Crippen LogP contribution in [0.5, 0.6) is 0 Å². The minimum Gasteiger partial charge on any atom is -0.198 e. The third-order valence-electron chi connectivity index (χ3n) is 2.38. The lowest BCUT2D eigenvalue weighted by Crippen LogP contribution is -2.11. The molecule has 0 unspecified atom stereocenters. The highest BCUT2D eigenvalue weighted by atomic mass is 19.4. The second-order valence-corrected chi connectivity index (χ2v) is 3.51. The van der Waals surface area contributed by atoms with Crippen molar-refractivity contribution in [1.82, 2.24) is 0 Å². The molecule has 1 rings (SSSR count). The lowest BCUT2D eigenvalue weighted by molar-refractivity contribution is -0.138. The first-order valence-electron chi connectivity index (χ1n) is 4.90. The van der Waals surface area contributed by atoms with Crippen molar-refractivity contribution < 1.29 is 13.2 Å². The SMILES string of the molecule is N#CCC(CC#N)c1ccccc1C(F)(F)F. The van der Waals surface area contributed by atoms with Crippen molar-refractivity contribution in [2.75, 3.05) is 0 Å². The predicted octanol–water partition coefficient (Wildman–Crippen LogP) is 3.62. The molecule has 0 N–H and O–H groups in total. The first-order chi connectivity index (χ1) is 8.00. The molecule has 0 aliphatic carbocycles. The van der Waals surface area contributed by atoms with Gasteiger partial charge in [-0.2, -0.15) is 23.7 Å². The molecule has 5 heteroatoms. The Labute approximate surface area is 96.9 Å². The molecule has 0 aliphatic heterocycles. The van der Waals surface area contributed by atoms with Crippen LogP contribution in [-0.2, 0) is 6.18 Å². The second kappa shape index (κ2) is 5.36. The van der Waals surface area contributed by atoms with Gasteiger partial charge in [-0.3, -0.25) is 0 Å². The van der Waals surface area contributed by atoms with Crippen LogP contribution in [0.1, 0.15) is 29.9 Å². The van der Waals surface area contributed by atoms with Gasteiger partial charge < -0.3 is 0 Å². The van der Waals surface area contributed by atoms with Crippen molar-refractivity contribution >= 4 is 0 Å². The average molecular weight is 238 g/mol. The first kappa shape index (κ1) is 13.1. The smallest absolute Gasteiger partial charge is 0.198 e. The summed E-state index contributed by atoms with van der Waals surface area (Å²) in [7, 11) is 0. The largest absolute Gasteiger partial charge is 0.416 e. The van der Waals surface area contributed by atoms with Gasteiger partial charge in [-0.25, -0.2) is 0 Å². The molecule has 0 aliphatic rings. The maximum absolute atomic E-state index is 12.7. The maximum Gasteiger partial charge on any atom is 0.416 e. The van der Waals surface area contributed by atoms with Crippen molar-refractivity contribution in [1.29, 1.82) is 10.5 Å². The fraction of sp³-hybridized carbons (Fsp3) is 0.333. The van der Waals surface area contributed by atoms with E-state index < -0.39 is 17.7 Å². The zero-order valence-electron chi connectivity index (χ0n) is 8.83. The molecule has 0 heterocycles. The van der Waals surface area contributed by atoms with E-state index in [1.807, 2.05) is 12.1 Å². The Morgan fingerprint density at radius 2 is 1.59 bits per heavy atom. The molecule has 0 amide bonds. The molecule has 0 atom stereocenters. The minimum atomic E-state index is -4.46. The number of halogens is 3. The summed E-state index contributed by atoms with van der Waals surface area (Å²) >= 11 is 0. The molecule has 0 aromatic heterocycles. The molecule has 1 aromatic carbocycles. The number of alkyl halides is 3. The fourth-order valence-electron chi connectivity index (χ4n) is 1.62. The number of hydrogen-bond donors (Lipinski definition) is 0. The fourth-order valence-corrected chi connectivity index (χ4v) is 1.62. The van der Waals surface area contributed by atoms with Gasteiger partial charge in [0.05, 0.1) is 17.7 Å².